The van der Waals surface area contributed by atoms with Crippen molar-refractivity contribution in [2.24, 2.45) is 4.99 Å². The van der Waals surface area contributed by atoms with Crippen molar-refractivity contribution in [3.8, 4) is 0 Å². The number of amides is 1. The van der Waals surface area contributed by atoms with Gasteiger partial charge in [-0.3, -0.25) is 19.0 Å². The highest BCUT2D eigenvalue weighted by atomic mass is 32.2. The van der Waals surface area contributed by atoms with Crippen molar-refractivity contribution in [1.29, 1.82) is 0 Å². The molecule has 1 unspecified atom stereocenters. The summed E-state index contributed by atoms with van der Waals surface area (Å²) in [5, 5.41) is 2.96. The van der Waals surface area contributed by atoms with E-state index in [2.05, 4.69) is 10.2 Å². The molecule has 1 saturated heterocycles. The third-order valence-electron chi connectivity index (χ3n) is 6.78. The maximum absolute atomic E-state index is 13.0. The lowest BCUT2D eigenvalue weighted by Gasteiger charge is -2.27. The van der Waals surface area contributed by atoms with Gasteiger partial charge in [-0.15, -0.1) is 0 Å². The second-order valence-corrected chi connectivity index (χ2v) is 11.2. The van der Waals surface area contributed by atoms with Crippen molar-refractivity contribution in [2.45, 2.75) is 5.92 Å². The van der Waals surface area contributed by atoms with E-state index in [0.29, 0.717) is 36.8 Å². The van der Waals surface area contributed by atoms with E-state index in [1.807, 2.05) is 54.6 Å². The number of fused-ring (bicyclic) bond motifs is 1. The third kappa shape index (κ3) is 5.58. The largest absolute Gasteiger partial charge is 0.379 e. The van der Waals surface area contributed by atoms with Crippen LogP contribution >= 0.6 is 0 Å². The van der Waals surface area contributed by atoms with Crippen molar-refractivity contribution >= 4 is 38.7 Å². The van der Waals surface area contributed by atoms with Crippen LogP contribution in [0.15, 0.2) is 83.9 Å². The van der Waals surface area contributed by atoms with Gasteiger partial charge in [0.15, 0.2) is 0 Å². The Hall–Kier alpha value is -3.53. The number of para-hydroxylation sites is 1. The number of hydrogen-bond donors (Lipinski definition) is 1. The lowest BCUT2D eigenvalue weighted by Crippen LogP contribution is -2.41. The molecule has 1 fully saturated rings. The molecule has 0 spiro atoms. The minimum atomic E-state index is -3.48. The molecule has 192 valence electrons. The van der Waals surface area contributed by atoms with Gasteiger partial charge in [0.25, 0.3) is 0 Å². The molecule has 2 heterocycles. The van der Waals surface area contributed by atoms with Crippen LogP contribution in [0.5, 0.6) is 0 Å². The minimum absolute atomic E-state index is 0.0394. The SMILES string of the molecule is CN(c1ccc(N=C(c2ccccc2)C2C(=O)Nc3ccccc32)cc1)S(=O)(=O)CCN1CCOCC1. The number of hydrogen-bond acceptors (Lipinski definition) is 6. The summed E-state index contributed by atoms with van der Waals surface area (Å²) in [5.74, 6) is -0.620. The molecule has 3 aromatic carbocycles. The Kier molecular flexibility index (Phi) is 7.36. The molecule has 1 atom stereocenters. The fourth-order valence-corrected chi connectivity index (χ4v) is 5.83. The quantitative estimate of drug-likeness (QED) is 0.460. The minimum Gasteiger partial charge on any atom is -0.379 e. The van der Waals surface area contributed by atoms with Crippen LogP contribution in [0.1, 0.15) is 17.0 Å². The number of benzene rings is 3. The topological polar surface area (TPSA) is 91.3 Å². The van der Waals surface area contributed by atoms with Crippen LogP contribution in [0.3, 0.4) is 0 Å². The molecule has 9 heteroatoms. The average molecular weight is 519 g/mol. The molecule has 0 aromatic heterocycles. The van der Waals surface area contributed by atoms with Crippen molar-refractivity contribution in [1.82, 2.24) is 4.90 Å². The summed E-state index contributed by atoms with van der Waals surface area (Å²) >= 11 is 0. The first kappa shape index (κ1) is 25.1. The van der Waals surface area contributed by atoms with Crippen molar-refractivity contribution in [3.05, 3.63) is 90.0 Å². The standard InChI is InChI=1S/C28H30N4O4S/c1-31(37(34,35)20-17-32-15-18-36-19-16-32)23-13-11-22(12-14-23)29-27(21-7-3-2-4-8-21)26-24-9-5-6-10-25(24)30-28(26)33/h2-14,26H,15-20H2,1H3,(H,30,33). The number of nitrogens with one attached hydrogen (secondary N) is 1. The van der Waals surface area contributed by atoms with E-state index in [-0.39, 0.29) is 11.7 Å². The van der Waals surface area contributed by atoms with E-state index in [4.69, 9.17) is 9.73 Å². The molecule has 1 amide bonds. The smallest absolute Gasteiger partial charge is 0.238 e. The molecule has 0 saturated carbocycles. The lowest BCUT2D eigenvalue weighted by molar-refractivity contribution is -0.115. The summed E-state index contributed by atoms with van der Waals surface area (Å²) in [7, 11) is -1.91. The van der Waals surface area contributed by atoms with Gasteiger partial charge in [-0.2, -0.15) is 0 Å². The van der Waals surface area contributed by atoms with E-state index in [0.717, 1.165) is 29.9 Å². The fourth-order valence-electron chi connectivity index (χ4n) is 4.63. The monoisotopic (exact) mass is 518 g/mol. The first-order chi connectivity index (χ1) is 17.9. The van der Waals surface area contributed by atoms with Gasteiger partial charge in [0, 0.05) is 32.4 Å². The predicted molar refractivity (Wildman–Crippen MR) is 146 cm³/mol. The second kappa shape index (κ2) is 10.8. The van der Waals surface area contributed by atoms with Crippen LogP contribution in [-0.4, -0.2) is 70.6 Å². The number of morpholine rings is 1. The van der Waals surface area contributed by atoms with Gasteiger partial charge in [-0.1, -0.05) is 48.5 Å². The zero-order valence-electron chi connectivity index (χ0n) is 20.7. The van der Waals surface area contributed by atoms with Crippen molar-refractivity contribution < 1.29 is 17.9 Å². The number of anilines is 2. The highest BCUT2D eigenvalue weighted by Crippen LogP contribution is 2.36. The second-order valence-electron chi connectivity index (χ2n) is 9.13. The van der Waals surface area contributed by atoms with Crippen LogP contribution in [0.25, 0.3) is 0 Å². The van der Waals surface area contributed by atoms with Gasteiger partial charge in [0.1, 0.15) is 5.92 Å². The Bertz CT molecular complexity index is 1390. The highest BCUT2D eigenvalue weighted by molar-refractivity contribution is 7.92. The van der Waals surface area contributed by atoms with E-state index < -0.39 is 15.9 Å². The van der Waals surface area contributed by atoms with Gasteiger partial charge in [-0.05, 0) is 41.5 Å². The molecular formula is C28H30N4O4S. The molecule has 2 aliphatic rings. The third-order valence-corrected chi connectivity index (χ3v) is 8.53. The number of rotatable bonds is 8. The Morgan fingerprint density at radius 3 is 2.41 bits per heavy atom. The summed E-state index contributed by atoms with van der Waals surface area (Å²) in [6, 6.07) is 24.3. The number of aliphatic imine (C=N–C) groups is 1. The average Bonchev–Trinajstić information content (AvgIpc) is 3.27. The molecule has 1 N–H and O–H groups in total. The van der Waals surface area contributed by atoms with E-state index in [1.165, 1.54) is 4.31 Å². The number of sulfonamides is 1. The summed E-state index contributed by atoms with van der Waals surface area (Å²) in [6.07, 6.45) is 0. The van der Waals surface area contributed by atoms with Crippen molar-refractivity contribution in [3.63, 3.8) is 0 Å². The molecule has 0 aliphatic carbocycles. The Labute approximate surface area is 217 Å². The lowest BCUT2D eigenvalue weighted by atomic mass is 9.90. The van der Waals surface area contributed by atoms with Gasteiger partial charge in [-0.25, -0.2) is 8.42 Å². The zero-order valence-corrected chi connectivity index (χ0v) is 21.5. The van der Waals surface area contributed by atoms with Crippen LogP contribution in [0.2, 0.25) is 0 Å². The first-order valence-electron chi connectivity index (χ1n) is 12.3. The zero-order chi connectivity index (χ0) is 25.8. The number of nitrogens with zero attached hydrogens (tertiary/aromatic N) is 3. The molecule has 5 rings (SSSR count). The first-order valence-corrected chi connectivity index (χ1v) is 13.9. The van der Waals surface area contributed by atoms with Crippen LogP contribution < -0.4 is 9.62 Å². The molecule has 2 aliphatic heterocycles. The van der Waals surface area contributed by atoms with Crippen LogP contribution in [-0.2, 0) is 19.6 Å². The van der Waals surface area contributed by atoms with E-state index >= 15 is 0 Å². The van der Waals surface area contributed by atoms with Gasteiger partial charge < -0.3 is 10.1 Å². The van der Waals surface area contributed by atoms with E-state index in [9.17, 15) is 13.2 Å². The molecule has 0 bridgehead atoms. The van der Waals surface area contributed by atoms with Gasteiger partial charge >= 0.3 is 0 Å². The fraction of sp³-hybridized carbons (Fsp3) is 0.286. The summed E-state index contributed by atoms with van der Waals surface area (Å²) in [6.45, 7) is 3.25. The summed E-state index contributed by atoms with van der Waals surface area (Å²) in [4.78, 5) is 20.0. The highest BCUT2D eigenvalue weighted by Gasteiger charge is 2.35. The Morgan fingerprint density at radius 1 is 1.00 bits per heavy atom. The molecule has 37 heavy (non-hydrogen) atoms. The normalized spacial score (nSPS) is 18.4. The van der Waals surface area contributed by atoms with Crippen LogP contribution in [0.4, 0.5) is 17.1 Å². The molecular weight excluding hydrogens is 488 g/mol. The summed E-state index contributed by atoms with van der Waals surface area (Å²) < 4.78 is 32.5. The van der Waals surface area contributed by atoms with E-state index in [1.54, 1.807) is 31.3 Å². The molecule has 0 radical (unpaired) electrons. The molecule has 8 nitrogen and oxygen atoms in total. The number of carbonyl (C=O) groups excluding carboxylic acids is 1. The van der Waals surface area contributed by atoms with Gasteiger partial charge in [0.2, 0.25) is 15.9 Å². The predicted octanol–water partition coefficient (Wildman–Crippen LogP) is 3.64. The number of carbonyl (C=O) groups is 1. The Morgan fingerprint density at radius 2 is 1.68 bits per heavy atom. The maximum atomic E-state index is 13.0. The summed E-state index contributed by atoms with van der Waals surface area (Å²) in [5.41, 5.74) is 4.37. The Balaban J connectivity index is 1.39. The van der Waals surface area contributed by atoms with Gasteiger partial charge in [0.05, 0.1) is 36.1 Å². The van der Waals surface area contributed by atoms with Crippen LogP contribution in [0, 0.1) is 0 Å². The number of ether oxygens (including phenoxy) is 1. The van der Waals surface area contributed by atoms with Crippen molar-refractivity contribution in [2.75, 3.05) is 55.3 Å². The molecule has 3 aromatic rings. The maximum Gasteiger partial charge on any atom is 0.238 e.